The maximum Gasteiger partial charge on any atom is 0.680 e. The number of carbonyl (C=O) groups excluding carboxylic acids is 5. The van der Waals surface area contributed by atoms with Crippen LogP contribution >= 0.6 is 0 Å². The van der Waals surface area contributed by atoms with E-state index >= 15 is 9.59 Å². The summed E-state index contributed by atoms with van der Waals surface area (Å²) in [6.45, 7) is 17.7. The van der Waals surface area contributed by atoms with E-state index in [9.17, 15) is 29.7 Å². The van der Waals surface area contributed by atoms with Crippen LogP contribution in [0.15, 0.2) is 71.8 Å². The molecule has 0 radical (unpaired) electrons. The second-order valence-corrected chi connectivity index (χ2v) is 22.0. The number of aliphatic hydroxyl groups excluding tert-OH is 2. The average Bonchev–Trinajstić information content (AvgIpc) is 3.26. The predicted molar refractivity (Wildman–Crippen MR) is 246 cm³/mol. The number of nitrogens with one attached hydrogen (secondary N) is 1. The normalized spacial score (nSPS) is 30.8. The number of carbonyl (C=O) groups is 5. The van der Waals surface area contributed by atoms with Gasteiger partial charge in [0, 0.05) is 45.0 Å². The van der Waals surface area contributed by atoms with Gasteiger partial charge in [0.2, 0.25) is 0 Å². The number of allylic oxidation sites excluding steroid dienone is 1. The van der Waals surface area contributed by atoms with Gasteiger partial charge in [-0.1, -0.05) is 68.0 Å². The van der Waals surface area contributed by atoms with Crippen LogP contribution in [0.4, 0.5) is 4.79 Å². The molecule has 0 spiro atoms. The minimum absolute atomic E-state index is 0.0563. The van der Waals surface area contributed by atoms with Crippen LogP contribution in [0.25, 0.3) is 0 Å². The van der Waals surface area contributed by atoms with E-state index in [4.69, 9.17) is 36.7 Å². The molecule has 0 unspecified atom stereocenters. The summed E-state index contributed by atoms with van der Waals surface area (Å²) in [6, 6.07) is 15.4. The van der Waals surface area contributed by atoms with Gasteiger partial charge in [-0.05, 0) is 91.0 Å². The molecule has 18 heteroatoms. The summed E-state index contributed by atoms with van der Waals surface area (Å²) >= 11 is 0. The number of ketones is 2. The van der Waals surface area contributed by atoms with E-state index in [1.165, 1.54) is 26.0 Å². The van der Waals surface area contributed by atoms with Gasteiger partial charge in [0.15, 0.2) is 17.2 Å². The Hall–Kier alpha value is -4.37. The quantitative estimate of drug-likeness (QED) is 0.0664. The molecule has 68 heavy (non-hydrogen) atoms. The van der Waals surface area contributed by atoms with E-state index in [1.807, 2.05) is 0 Å². The van der Waals surface area contributed by atoms with Crippen molar-refractivity contribution in [3.63, 3.8) is 0 Å². The molecule has 2 bridgehead atoms. The Labute approximate surface area is 399 Å². The zero-order valence-electron chi connectivity index (χ0n) is 41.0. The Morgan fingerprint density at radius 1 is 0.912 bits per heavy atom. The van der Waals surface area contributed by atoms with Gasteiger partial charge >= 0.3 is 27.1 Å². The standard InChI is InChI=1S/C50H69NO16Si/c1-12-61-68(62-13-2,63-14-3)67-40(38(31-21-17-15-18-22-31)51-45(58)66-46(6,7)8)34(53)25-33-27-50(59)43(64-44(57)32-23-19-16-20-24-32)41-48(11,42(56)39(55)37(29(33)4)47(50,9)10)35(54)26-36-49(41,28-60-36)65-30(5)52/h15-24,33,35-36,38-41,43,54-55,59H,12-14,25-28H2,1-11H3,(H,51,58)/t33-,35-,36+,38-,39+,40-,41-,43-,48+,49-,50+/m0/s1. The number of amides is 1. The van der Waals surface area contributed by atoms with Crippen LogP contribution in [0.2, 0.25) is 0 Å². The van der Waals surface area contributed by atoms with Crippen LogP contribution in [0.5, 0.6) is 0 Å². The van der Waals surface area contributed by atoms with E-state index in [2.05, 4.69) is 5.32 Å². The van der Waals surface area contributed by atoms with Gasteiger partial charge in [-0.25, -0.2) is 9.59 Å². The molecule has 1 saturated heterocycles. The van der Waals surface area contributed by atoms with E-state index in [0.717, 1.165) is 0 Å². The van der Waals surface area contributed by atoms with Gasteiger partial charge in [-0.3, -0.25) is 14.4 Å². The van der Waals surface area contributed by atoms with Gasteiger partial charge in [0.1, 0.15) is 35.6 Å². The Balaban J connectivity index is 1.56. The molecule has 17 nitrogen and oxygen atoms in total. The fraction of sp³-hybridized carbons (Fsp3) is 0.620. The average molecular weight is 968 g/mol. The van der Waals surface area contributed by atoms with Crippen LogP contribution in [-0.2, 0) is 51.0 Å². The van der Waals surface area contributed by atoms with E-state index < -0.39 is 121 Å². The second-order valence-electron chi connectivity index (χ2n) is 19.9. The number of benzene rings is 2. The summed E-state index contributed by atoms with van der Waals surface area (Å²) in [6.07, 6.45) is -9.65. The lowest BCUT2D eigenvalue weighted by molar-refractivity contribution is -0.345. The van der Waals surface area contributed by atoms with Crippen molar-refractivity contribution in [1.82, 2.24) is 5.32 Å². The van der Waals surface area contributed by atoms with Gasteiger partial charge in [0.05, 0.1) is 35.6 Å². The zero-order valence-corrected chi connectivity index (χ0v) is 42.0. The lowest BCUT2D eigenvalue weighted by Gasteiger charge is -2.67. The van der Waals surface area contributed by atoms with Crippen LogP contribution in [0.3, 0.4) is 0 Å². The van der Waals surface area contributed by atoms with Gasteiger partial charge < -0.3 is 57.3 Å². The monoisotopic (exact) mass is 967 g/mol. The minimum Gasteiger partial charge on any atom is -0.455 e. The van der Waals surface area contributed by atoms with Crippen LogP contribution in [0, 0.1) is 22.7 Å². The lowest BCUT2D eigenvalue weighted by Crippen LogP contribution is -2.81. The Bertz CT molecular complexity index is 2200. The topological polar surface area (TPSA) is 232 Å². The van der Waals surface area contributed by atoms with Crippen molar-refractivity contribution in [3.05, 3.63) is 82.9 Å². The SMILES string of the molecule is CCO[Si](OCC)(OCC)O[C@@H](C(=O)C[C@H]1C[C@@]2(O)[C@@H](OC(=O)c3ccccc3)[C@@H]3[C@]4(OC(C)=O)CO[C@@H]4C[C@H](O)[C@@]3(C)C(=O)[C@H](O)C(=C1C)C2(C)C)[C@@H](NC(=O)OC(C)(C)C)c1ccccc1. The fourth-order valence-electron chi connectivity index (χ4n) is 11.0. The summed E-state index contributed by atoms with van der Waals surface area (Å²) in [5.41, 5.74) is -7.54. The molecule has 4 N–H and O–H groups in total. The highest BCUT2D eigenvalue weighted by Crippen LogP contribution is 2.64. The number of alkyl carbamates (subject to hydrolysis) is 1. The Kier molecular flexibility index (Phi) is 15.7. The number of rotatable bonds is 17. The van der Waals surface area contributed by atoms with Crippen molar-refractivity contribution in [2.45, 2.75) is 149 Å². The molecule has 3 aliphatic carbocycles. The second kappa shape index (κ2) is 20.2. The molecule has 1 heterocycles. The van der Waals surface area contributed by atoms with Gasteiger partial charge in [0.25, 0.3) is 0 Å². The molecule has 2 aromatic rings. The van der Waals surface area contributed by atoms with Crippen LogP contribution < -0.4 is 5.32 Å². The fourth-order valence-corrected chi connectivity index (χ4v) is 13.1. The number of fused-ring (bicyclic) bond motifs is 5. The third kappa shape index (κ3) is 9.72. The van der Waals surface area contributed by atoms with Crippen molar-refractivity contribution in [2.75, 3.05) is 26.4 Å². The predicted octanol–water partition coefficient (Wildman–Crippen LogP) is 5.49. The van der Waals surface area contributed by atoms with Crippen molar-refractivity contribution in [1.29, 1.82) is 0 Å². The third-order valence-electron chi connectivity index (χ3n) is 14.2. The maximum absolute atomic E-state index is 15.6. The van der Waals surface area contributed by atoms with E-state index in [1.54, 1.807) is 111 Å². The summed E-state index contributed by atoms with van der Waals surface area (Å²) < 4.78 is 49.2. The molecule has 3 fully saturated rings. The molecular formula is C50H69NO16Si. The van der Waals surface area contributed by atoms with Crippen molar-refractivity contribution >= 4 is 38.6 Å². The number of Topliss-reactive ketones (excluding diaryl/α,β-unsaturated/α-hetero) is 2. The first kappa shape index (κ1) is 53.0. The molecule has 2 aromatic carbocycles. The van der Waals surface area contributed by atoms with Gasteiger partial charge in [-0.15, -0.1) is 0 Å². The first-order valence-electron chi connectivity index (χ1n) is 23.4. The number of hydrogen-bond donors (Lipinski definition) is 4. The molecule has 374 valence electrons. The molecular weight excluding hydrogens is 899 g/mol. The van der Waals surface area contributed by atoms with Crippen molar-refractivity contribution in [2.24, 2.45) is 22.7 Å². The summed E-state index contributed by atoms with van der Waals surface area (Å²) in [5, 5.41) is 41.3. The first-order valence-corrected chi connectivity index (χ1v) is 25.1. The van der Waals surface area contributed by atoms with E-state index in [-0.39, 0.29) is 50.4 Å². The van der Waals surface area contributed by atoms with E-state index in [0.29, 0.717) is 11.1 Å². The largest absolute Gasteiger partial charge is 0.680 e. The molecule has 4 aliphatic rings. The molecule has 1 amide bonds. The van der Waals surface area contributed by atoms with Crippen LogP contribution in [-0.4, -0.2) is 128 Å². The summed E-state index contributed by atoms with van der Waals surface area (Å²) in [4.78, 5) is 72.1. The Morgan fingerprint density at radius 2 is 1.49 bits per heavy atom. The molecule has 2 saturated carbocycles. The smallest absolute Gasteiger partial charge is 0.455 e. The number of ether oxygens (including phenoxy) is 4. The highest BCUT2D eigenvalue weighted by atomic mass is 28.4. The molecule has 6 rings (SSSR count). The molecule has 1 aliphatic heterocycles. The number of aliphatic hydroxyl groups is 3. The Morgan fingerprint density at radius 3 is 2.00 bits per heavy atom. The number of hydrogen-bond acceptors (Lipinski definition) is 16. The highest BCUT2D eigenvalue weighted by Gasteiger charge is 2.78. The molecule has 0 aromatic heterocycles. The number of esters is 2. The van der Waals surface area contributed by atoms with Crippen LogP contribution in [0.1, 0.15) is 117 Å². The van der Waals surface area contributed by atoms with Crippen molar-refractivity contribution < 1.29 is 75.9 Å². The molecule has 11 atom stereocenters. The third-order valence-corrected chi connectivity index (χ3v) is 16.7. The first-order chi connectivity index (χ1) is 31.9. The van der Waals surface area contributed by atoms with Gasteiger partial charge in [-0.2, -0.15) is 0 Å². The highest BCUT2D eigenvalue weighted by molar-refractivity contribution is 6.53. The minimum atomic E-state index is -4.21. The maximum atomic E-state index is 15.6. The summed E-state index contributed by atoms with van der Waals surface area (Å²) in [7, 11) is -4.21. The lowest BCUT2D eigenvalue weighted by atomic mass is 9.44. The zero-order chi connectivity index (χ0) is 50.2. The van der Waals surface area contributed by atoms with Crippen molar-refractivity contribution in [3.8, 4) is 0 Å². The summed E-state index contributed by atoms with van der Waals surface area (Å²) in [5.74, 6) is -5.64.